The summed E-state index contributed by atoms with van der Waals surface area (Å²) < 4.78 is 0. The molecule has 18 heavy (non-hydrogen) atoms. The molecule has 1 fully saturated rings. The van der Waals surface area contributed by atoms with Crippen LogP contribution in [0, 0.1) is 6.92 Å². The fourth-order valence-corrected chi connectivity index (χ4v) is 2.22. The maximum Gasteiger partial charge on any atom is 0.209 e. The first-order chi connectivity index (χ1) is 8.61. The molecule has 5 heteroatoms. The van der Waals surface area contributed by atoms with Crippen molar-refractivity contribution in [2.75, 3.05) is 31.1 Å². The van der Waals surface area contributed by atoms with Gasteiger partial charge in [0.2, 0.25) is 6.41 Å². The lowest BCUT2D eigenvalue weighted by Gasteiger charge is -2.33. The minimum absolute atomic E-state index is 0.488. The number of aliphatic hydroxyl groups is 1. The lowest BCUT2D eigenvalue weighted by atomic mass is 10.1. The lowest BCUT2D eigenvalue weighted by molar-refractivity contribution is -0.118. The number of hydrogen-bond acceptors (Lipinski definition) is 4. The number of carbonyl (C=O) groups excluding carboxylic acids is 1. The highest BCUT2D eigenvalue weighted by Gasteiger charge is 2.17. The molecule has 5 nitrogen and oxygen atoms in total. The van der Waals surface area contributed by atoms with Crippen molar-refractivity contribution < 1.29 is 9.90 Å². The van der Waals surface area contributed by atoms with Crippen molar-refractivity contribution in [2.24, 2.45) is 0 Å². The van der Waals surface area contributed by atoms with E-state index in [0.717, 1.165) is 49.5 Å². The predicted molar refractivity (Wildman–Crippen MR) is 69.5 cm³/mol. The highest BCUT2D eigenvalue weighted by Crippen LogP contribution is 2.21. The standard InChI is InChI=1S/C13H19N3O2/c1-10-7-13(14-8-12(10)11(2)18)16-5-3-15(9-17)4-6-16/h7-9,11,18H,3-6H2,1-2H3/t11-/m1/s1. The first kappa shape index (κ1) is 12.8. The molecule has 0 bridgehead atoms. The zero-order valence-electron chi connectivity index (χ0n) is 10.8. The molecule has 2 heterocycles. The molecule has 98 valence electrons. The van der Waals surface area contributed by atoms with E-state index in [2.05, 4.69) is 9.88 Å². The molecule has 0 radical (unpaired) electrons. The molecule has 1 aromatic rings. The van der Waals surface area contributed by atoms with Crippen molar-refractivity contribution in [1.82, 2.24) is 9.88 Å². The number of pyridine rings is 1. The summed E-state index contributed by atoms with van der Waals surface area (Å²) in [4.78, 5) is 19.0. The van der Waals surface area contributed by atoms with Gasteiger partial charge in [-0.1, -0.05) is 0 Å². The highest BCUT2D eigenvalue weighted by molar-refractivity contribution is 5.49. The zero-order chi connectivity index (χ0) is 13.1. The summed E-state index contributed by atoms with van der Waals surface area (Å²) >= 11 is 0. The number of aryl methyl sites for hydroxylation is 1. The Hall–Kier alpha value is -1.62. The number of piperazine rings is 1. The van der Waals surface area contributed by atoms with Crippen LogP contribution in [0.5, 0.6) is 0 Å². The Labute approximate surface area is 107 Å². The average Bonchev–Trinajstić information content (AvgIpc) is 2.38. The molecule has 0 spiro atoms. The van der Waals surface area contributed by atoms with Crippen LogP contribution in [0.15, 0.2) is 12.3 Å². The van der Waals surface area contributed by atoms with Crippen LogP contribution in [0.2, 0.25) is 0 Å². The number of anilines is 1. The second-order valence-electron chi connectivity index (χ2n) is 4.70. The molecule has 1 amide bonds. The van der Waals surface area contributed by atoms with Crippen LogP contribution >= 0.6 is 0 Å². The van der Waals surface area contributed by atoms with Gasteiger partial charge in [0.1, 0.15) is 5.82 Å². The van der Waals surface area contributed by atoms with Crippen LogP contribution in [0.1, 0.15) is 24.2 Å². The zero-order valence-corrected chi connectivity index (χ0v) is 10.8. The Bertz CT molecular complexity index is 426. The Balaban J connectivity index is 2.10. The molecular weight excluding hydrogens is 230 g/mol. The number of aromatic nitrogens is 1. The fourth-order valence-electron chi connectivity index (χ4n) is 2.22. The molecule has 2 rings (SSSR count). The number of amides is 1. The molecule has 1 N–H and O–H groups in total. The summed E-state index contributed by atoms with van der Waals surface area (Å²) in [5, 5.41) is 9.57. The van der Waals surface area contributed by atoms with Gasteiger partial charge in [0.15, 0.2) is 0 Å². The molecule has 1 saturated heterocycles. The Morgan fingerprint density at radius 2 is 2.06 bits per heavy atom. The second kappa shape index (κ2) is 5.35. The first-order valence-electron chi connectivity index (χ1n) is 6.20. The Morgan fingerprint density at radius 3 is 2.56 bits per heavy atom. The van der Waals surface area contributed by atoms with E-state index in [1.165, 1.54) is 0 Å². The largest absolute Gasteiger partial charge is 0.389 e. The lowest BCUT2D eigenvalue weighted by Crippen LogP contribution is -2.46. The van der Waals surface area contributed by atoms with Crippen molar-refractivity contribution in [3.63, 3.8) is 0 Å². The van der Waals surface area contributed by atoms with Gasteiger partial charge < -0.3 is 14.9 Å². The summed E-state index contributed by atoms with van der Waals surface area (Å²) in [6.07, 6.45) is 2.15. The van der Waals surface area contributed by atoms with Crippen LogP contribution in [-0.4, -0.2) is 47.6 Å². The van der Waals surface area contributed by atoms with E-state index in [1.54, 1.807) is 18.0 Å². The molecule has 0 saturated carbocycles. The number of hydrogen-bond donors (Lipinski definition) is 1. The van der Waals surface area contributed by atoms with Crippen molar-refractivity contribution >= 4 is 12.2 Å². The van der Waals surface area contributed by atoms with Gasteiger partial charge in [-0.2, -0.15) is 0 Å². The molecule has 0 aromatic carbocycles. The number of rotatable bonds is 3. The van der Waals surface area contributed by atoms with E-state index in [-0.39, 0.29) is 0 Å². The van der Waals surface area contributed by atoms with E-state index in [4.69, 9.17) is 0 Å². The van der Waals surface area contributed by atoms with Gasteiger partial charge in [-0.25, -0.2) is 4.98 Å². The Kier molecular flexibility index (Phi) is 3.81. The van der Waals surface area contributed by atoms with E-state index in [1.807, 2.05) is 13.0 Å². The van der Waals surface area contributed by atoms with Gasteiger partial charge in [0.05, 0.1) is 6.10 Å². The van der Waals surface area contributed by atoms with Crippen molar-refractivity contribution in [3.8, 4) is 0 Å². The van der Waals surface area contributed by atoms with E-state index < -0.39 is 6.10 Å². The van der Waals surface area contributed by atoms with Crippen LogP contribution in [0.25, 0.3) is 0 Å². The molecule has 1 aliphatic rings. The maximum absolute atomic E-state index is 10.6. The van der Waals surface area contributed by atoms with E-state index in [9.17, 15) is 9.90 Å². The van der Waals surface area contributed by atoms with Crippen LogP contribution in [0.3, 0.4) is 0 Å². The highest BCUT2D eigenvalue weighted by atomic mass is 16.3. The van der Waals surface area contributed by atoms with Gasteiger partial charge in [-0.15, -0.1) is 0 Å². The first-order valence-corrected chi connectivity index (χ1v) is 6.20. The smallest absolute Gasteiger partial charge is 0.209 e. The summed E-state index contributed by atoms with van der Waals surface area (Å²) in [6, 6.07) is 2.00. The second-order valence-corrected chi connectivity index (χ2v) is 4.70. The van der Waals surface area contributed by atoms with Crippen LogP contribution < -0.4 is 4.90 Å². The third kappa shape index (κ3) is 2.61. The Morgan fingerprint density at radius 1 is 1.39 bits per heavy atom. The van der Waals surface area contributed by atoms with Crippen LogP contribution in [-0.2, 0) is 4.79 Å². The number of carbonyl (C=O) groups is 1. The topological polar surface area (TPSA) is 56.7 Å². The molecule has 0 unspecified atom stereocenters. The van der Waals surface area contributed by atoms with Gasteiger partial charge in [-0.05, 0) is 25.5 Å². The van der Waals surface area contributed by atoms with Gasteiger partial charge in [0, 0.05) is 37.9 Å². The predicted octanol–water partition coefficient (Wildman–Crippen LogP) is 0.722. The molecule has 1 aromatic heterocycles. The van der Waals surface area contributed by atoms with Crippen molar-refractivity contribution in [2.45, 2.75) is 20.0 Å². The summed E-state index contributed by atoms with van der Waals surface area (Å²) in [6.45, 7) is 6.81. The van der Waals surface area contributed by atoms with Gasteiger partial charge in [-0.3, -0.25) is 4.79 Å². The van der Waals surface area contributed by atoms with Crippen LogP contribution in [0.4, 0.5) is 5.82 Å². The maximum atomic E-state index is 10.6. The third-order valence-electron chi connectivity index (χ3n) is 3.37. The minimum atomic E-state index is -0.488. The average molecular weight is 249 g/mol. The normalized spacial score (nSPS) is 17.7. The number of aliphatic hydroxyl groups excluding tert-OH is 1. The quantitative estimate of drug-likeness (QED) is 0.802. The number of nitrogens with zero attached hydrogens (tertiary/aromatic N) is 3. The van der Waals surface area contributed by atoms with E-state index in [0.29, 0.717) is 0 Å². The van der Waals surface area contributed by atoms with Crippen molar-refractivity contribution in [3.05, 3.63) is 23.4 Å². The molecule has 1 aliphatic heterocycles. The monoisotopic (exact) mass is 249 g/mol. The third-order valence-corrected chi connectivity index (χ3v) is 3.37. The summed E-state index contributed by atoms with van der Waals surface area (Å²) in [7, 11) is 0. The molecular formula is C13H19N3O2. The summed E-state index contributed by atoms with van der Waals surface area (Å²) in [5.41, 5.74) is 1.91. The SMILES string of the molecule is Cc1cc(N2CCN(C=O)CC2)ncc1[C@@H](C)O. The van der Waals surface area contributed by atoms with Gasteiger partial charge >= 0.3 is 0 Å². The summed E-state index contributed by atoms with van der Waals surface area (Å²) in [5.74, 6) is 0.919. The minimum Gasteiger partial charge on any atom is -0.389 e. The van der Waals surface area contributed by atoms with E-state index >= 15 is 0 Å². The molecule has 1 atom stereocenters. The van der Waals surface area contributed by atoms with Gasteiger partial charge in [0.25, 0.3) is 0 Å². The fraction of sp³-hybridized carbons (Fsp3) is 0.538. The molecule has 0 aliphatic carbocycles. The van der Waals surface area contributed by atoms with Crippen molar-refractivity contribution in [1.29, 1.82) is 0 Å².